The Morgan fingerprint density at radius 3 is 2.77 bits per heavy atom. The van der Waals surface area contributed by atoms with Gasteiger partial charge in [0.2, 0.25) is 5.13 Å². The van der Waals surface area contributed by atoms with Crippen LogP contribution in [-0.2, 0) is 24.2 Å². The lowest BCUT2D eigenvalue weighted by Gasteiger charge is -2.10. The Balaban J connectivity index is 1.53. The summed E-state index contributed by atoms with van der Waals surface area (Å²) < 4.78 is 8.13. The average Bonchev–Trinajstić information content (AvgIpc) is 3.46. The van der Waals surface area contributed by atoms with Crippen LogP contribution < -0.4 is 10.1 Å². The molecule has 0 aliphatic carbocycles. The van der Waals surface area contributed by atoms with E-state index < -0.39 is 5.91 Å². The summed E-state index contributed by atoms with van der Waals surface area (Å²) in [6.45, 7) is 7.29. The highest BCUT2D eigenvalue weighted by Crippen LogP contribution is 2.25. The number of nitriles is 1. The molecule has 0 unspecified atom stereocenters. The Morgan fingerprint density at radius 2 is 2.03 bits per heavy atom. The molecule has 2 heterocycles. The van der Waals surface area contributed by atoms with Crippen LogP contribution in [-0.4, -0.2) is 27.3 Å². The van der Waals surface area contributed by atoms with Gasteiger partial charge in [0.1, 0.15) is 29.0 Å². The van der Waals surface area contributed by atoms with Crippen molar-refractivity contribution in [2.45, 2.75) is 40.2 Å². The molecule has 0 spiro atoms. The number of aryl methyl sites for hydroxylation is 3. The lowest BCUT2D eigenvalue weighted by molar-refractivity contribution is -0.112. The first-order valence-corrected chi connectivity index (χ1v) is 12.4. The van der Waals surface area contributed by atoms with Crippen LogP contribution in [0.3, 0.4) is 0 Å². The highest BCUT2D eigenvalue weighted by atomic mass is 32.1. The Hall–Kier alpha value is -3.96. The van der Waals surface area contributed by atoms with Gasteiger partial charge >= 0.3 is 0 Å². The van der Waals surface area contributed by atoms with E-state index >= 15 is 0 Å². The van der Waals surface area contributed by atoms with Crippen LogP contribution in [0.4, 0.5) is 5.13 Å². The van der Waals surface area contributed by atoms with Crippen molar-refractivity contribution in [3.05, 3.63) is 75.9 Å². The second-order valence-electron chi connectivity index (χ2n) is 8.13. The van der Waals surface area contributed by atoms with E-state index in [0.29, 0.717) is 18.3 Å². The maximum Gasteiger partial charge on any atom is 0.268 e. The summed E-state index contributed by atoms with van der Waals surface area (Å²) in [6, 6.07) is 16.2. The summed E-state index contributed by atoms with van der Waals surface area (Å²) in [7, 11) is 0. The number of hydrogen-bond acceptors (Lipinski definition) is 6. The number of ether oxygens (including phenoxy) is 1. The number of fused-ring (bicyclic) bond motifs is 1. The van der Waals surface area contributed by atoms with Crippen molar-refractivity contribution in [3.63, 3.8) is 0 Å². The molecule has 2 aromatic heterocycles. The number of carbonyl (C=O) groups is 1. The van der Waals surface area contributed by atoms with Crippen molar-refractivity contribution in [1.82, 2.24) is 14.8 Å². The number of carbonyl (C=O) groups excluding carboxylic acids is 1. The van der Waals surface area contributed by atoms with E-state index in [4.69, 9.17) is 4.74 Å². The number of nitrogens with zero attached hydrogens (tertiary/aromatic N) is 4. The normalized spacial score (nSPS) is 11.4. The monoisotopic (exact) mass is 485 g/mol. The summed E-state index contributed by atoms with van der Waals surface area (Å²) in [5.74, 6) is 0.363. The highest BCUT2D eigenvalue weighted by Gasteiger charge is 2.15. The van der Waals surface area contributed by atoms with Crippen LogP contribution in [0.1, 0.15) is 35.5 Å². The van der Waals surface area contributed by atoms with E-state index in [0.717, 1.165) is 40.1 Å². The van der Waals surface area contributed by atoms with Gasteiger partial charge in [0.15, 0.2) is 0 Å². The van der Waals surface area contributed by atoms with Crippen molar-refractivity contribution in [2.75, 3.05) is 11.9 Å². The number of hydrogen-bond donors (Lipinski definition) is 1. The highest BCUT2D eigenvalue weighted by molar-refractivity contribution is 7.15. The number of amides is 1. The molecular weight excluding hydrogens is 458 g/mol. The molecule has 2 aromatic carbocycles. The quantitative estimate of drug-likeness (QED) is 0.248. The molecule has 178 valence electrons. The molecular formula is C27H27N5O2S. The average molecular weight is 486 g/mol. The number of anilines is 1. The minimum atomic E-state index is -0.502. The van der Waals surface area contributed by atoms with Crippen LogP contribution >= 0.6 is 11.3 Å². The molecule has 0 saturated carbocycles. The van der Waals surface area contributed by atoms with E-state index in [9.17, 15) is 10.1 Å². The number of benzene rings is 2. The third-order valence-corrected chi connectivity index (χ3v) is 6.58. The smallest absolute Gasteiger partial charge is 0.268 e. The second-order valence-corrected chi connectivity index (χ2v) is 9.19. The topological polar surface area (TPSA) is 92.8 Å². The lowest BCUT2D eigenvalue weighted by atomic mass is 10.1. The van der Waals surface area contributed by atoms with Gasteiger partial charge < -0.3 is 9.30 Å². The molecule has 7 nitrogen and oxygen atoms in total. The zero-order valence-corrected chi connectivity index (χ0v) is 20.9. The molecule has 1 N–H and O–H groups in total. The van der Waals surface area contributed by atoms with Crippen LogP contribution in [0.2, 0.25) is 0 Å². The van der Waals surface area contributed by atoms with Crippen molar-refractivity contribution in [3.8, 4) is 11.8 Å². The lowest BCUT2D eigenvalue weighted by Crippen LogP contribution is -2.13. The molecule has 0 fully saturated rings. The molecule has 0 aliphatic rings. The molecule has 1 amide bonds. The zero-order chi connectivity index (χ0) is 24.8. The maximum absolute atomic E-state index is 12.7. The Bertz CT molecular complexity index is 1430. The van der Waals surface area contributed by atoms with Crippen LogP contribution in [0, 0.1) is 18.3 Å². The zero-order valence-electron chi connectivity index (χ0n) is 20.0. The SMILES string of the molecule is CCc1cc(C)cc(OCCn2cc(/C=C(/C#N)C(=O)Nc3nnc(CC)s3)c3ccccc32)c1. The first-order valence-electron chi connectivity index (χ1n) is 11.6. The Kier molecular flexibility index (Phi) is 7.58. The fraction of sp³-hybridized carbons (Fsp3) is 0.259. The fourth-order valence-electron chi connectivity index (χ4n) is 3.86. The molecule has 0 bridgehead atoms. The van der Waals surface area contributed by atoms with Crippen LogP contribution in [0.25, 0.3) is 17.0 Å². The first kappa shape index (κ1) is 24.2. The minimum Gasteiger partial charge on any atom is -0.492 e. The molecule has 8 heteroatoms. The van der Waals surface area contributed by atoms with Gasteiger partial charge in [-0.05, 0) is 55.2 Å². The predicted octanol–water partition coefficient (Wildman–Crippen LogP) is 5.55. The first-order chi connectivity index (χ1) is 17.0. The molecule has 35 heavy (non-hydrogen) atoms. The molecule has 0 atom stereocenters. The van der Waals surface area contributed by atoms with Crippen molar-refractivity contribution in [2.24, 2.45) is 0 Å². The van der Waals surface area contributed by atoms with Crippen molar-refractivity contribution < 1.29 is 9.53 Å². The summed E-state index contributed by atoms with van der Waals surface area (Å²) >= 11 is 1.30. The third kappa shape index (κ3) is 5.76. The standard InChI is InChI=1S/C27H27N5O2S/c1-4-19-12-18(3)13-22(14-19)34-11-10-32-17-21(23-8-6-7-9-24(23)32)15-20(16-28)26(33)29-27-31-30-25(5-2)35-27/h6-9,12-15,17H,4-5,10-11H2,1-3H3,(H,29,31,33)/b20-15-. The second kappa shape index (κ2) is 11.0. The number of para-hydroxylation sites is 1. The largest absolute Gasteiger partial charge is 0.492 e. The summed E-state index contributed by atoms with van der Waals surface area (Å²) in [5, 5.41) is 22.5. The van der Waals surface area contributed by atoms with Gasteiger partial charge in [-0.15, -0.1) is 10.2 Å². The number of aromatic nitrogens is 3. The summed E-state index contributed by atoms with van der Waals surface area (Å²) in [6.07, 6.45) is 5.27. The van der Waals surface area contributed by atoms with Gasteiger partial charge in [-0.3, -0.25) is 10.1 Å². The van der Waals surface area contributed by atoms with E-state index in [-0.39, 0.29) is 5.57 Å². The third-order valence-electron chi connectivity index (χ3n) is 5.59. The van der Waals surface area contributed by atoms with Gasteiger partial charge in [0.05, 0.1) is 6.54 Å². The fourth-order valence-corrected chi connectivity index (χ4v) is 4.54. The van der Waals surface area contributed by atoms with Gasteiger partial charge in [-0.1, -0.05) is 49.4 Å². The number of nitrogens with one attached hydrogen (secondary N) is 1. The summed E-state index contributed by atoms with van der Waals surface area (Å²) in [4.78, 5) is 12.7. The molecule has 4 aromatic rings. The van der Waals surface area contributed by atoms with Crippen molar-refractivity contribution in [1.29, 1.82) is 5.26 Å². The Morgan fingerprint density at radius 1 is 1.20 bits per heavy atom. The van der Waals surface area contributed by atoms with E-state index in [1.165, 1.54) is 22.5 Å². The molecule has 4 rings (SSSR count). The predicted molar refractivity (Wildman–Crippen MR) is 139 cm³/mol. The van der Waals surface area contributed by atoms with E-state index in [1.807, 2.05) is 49.5 Å². The van der Waals surface area contributed by atoms with E-state index in [2.05, 4.69) is 46.1 Å². The van der Waals surface area contributed by atoms with Gasteiger partial charge in [-0.2, -0.15) is 5.26 Å². The van der Waals surface area contributed by atoms with Crippen LogP contribution in [0.15, 0.2) is 54.2 Å². The van der Waals surface area contributed by atoms with Gasteiger partial charge in [-0.25, -0.2) is 0 Å². The summed E-state index contributed by atoms with van der Waals surface area (Å²) in [5.41, 5.74) is 4.24. The molecule has 0 radical (unpaired) electrons. The van der Waals surface area contributed by atoms with Crippen molar-refractivity contribution >= 4 is 39.4 Å². The van der Waals surface area contributed by atoms with Crippen LogP contribution in [0.5, 0.6) is 5.75 Å². The maximum atomic E-state index is 12.7. The molecule has 0 saturated heterocycles. The van der Waals surface area contributed by atoms with E-state index in [1.54, 1.807) is 6.08 Å². The number of rotatable bonds is 9. The van der Waals surface area contributed by atoms with Gasteiger partial charge in [0, 0.05) is 22.7 Å². The minimum absolute atomic E-state index is 0.00394. The van der Waals surface area contributed by atoms with Gasteiger partial charge in [0.25, 0.3) is 5.91 Å². The Labute approximate surface area is 208 Å². The molecule has 0 aliphatic heterocycles.